The molecular weight excluding hydrogens is 220 g/mol. The highest BCUT2D eigenvalue weighted by atomic mass is 32.2. The highest BCUT2D eigenvalue weighted by Crippen LogP contribution is 2.42. The quantitative estimate of drug-likeness (QED) is 0.855. The van der Waals surface area contributed by atoms with E-state index in [1.807, 2.05) is 23.9 Å². The van der Waals surface area contributed by atoms with Crippen LogP contribution in [-0.4, -0.2) is 29.6 Å². The number of aromatic nitrogens is 1. The number of hydrogen-bond acceptors (Lipinski definition) is 4. The van der Waals surface area contributed by atoms with Crippen LogP contribution in [0, 0.1) is 0 Å². The number of pyridine rings is 1. The molecule has 0 aliphatic heterocycles. The molecule has 4 heteroatoms. The molecule has 3 nitrogen and oxygen atoms in total. The predicted octanol–water partition coefficient (Wildman–Crippen LogP) is 2.79. The van der Waals surface area contributed by atoms with E-state index in [1.54, 1.807) is 13.3 Å². The van der Waals surface area contributed by atoms with E-state index in [-0.39, 0.29) is 0 Å². The molecule has 88 valence electrons. The number of ether oxygens (including phenoxy) is 1. The molecule has 1 aromatic heterocycles. The van der Waals surface area contributed by atoms with Crippen molar-refractivity contribution in [2.45, 2.75) is 24.0 Å². The summed E-state index contributed by atoms with van der Waals surface area (Å²) in [7, 11) is 1.64. The molecule has 0 radical (unpaired) electrons. The number of thioether (sulfide) groups is 1. The van der Waals surface area contributed by atoms with Crippen molar-refractivity contribution in [3.05, 3.63) is 18.3 Å². The van der Waals surface area contributed by atoms with E-state index in [2.05, 4.69) is 16.6 Å². The minimum Gasteiger partial charge on any atom is -0.481 e. The van der Waals surface area contributed by atoms with Crippen LogP contribution in [0.2, 0.25) is 0 Å². The summed E-state index contributed by atoms with van der Waals surface area (Å²) in [4.78, 5) is 4.09. The van der Waals surface area contributed by atoms with E-state index in [9.17, 15) is 0 Å². The third-order valence-corrected chi connectivity index (χ3v) is 4.68. The van der Waals surface area contributed by atoms with Crippen molar-refractivity contribution in [2.75, 3.05) is 25.2 Å². The Bertz CT molecular complexity index is 347. The van der Waals surface area contributed by atoms with E-state index in [0.29, 0.717) is 10.6 Å². The monoisotopic (exact) mass is 238 g/mol. The third kappa shape index (κ3) is 2.43. The Hall–Kier alpha value is -0.900. The van der Waals surface area contributed by atoms with Crippen molar-refractivity contribution in [1.82, 2.24) is 4.98 Å². The molecule has 0 bridgehead atoms. The van der Waals surface area contributed by atoms with Crippen LogP contribution in [0.5, 0.6) is 5.88 Å². The lowest BCUT2D eigenvalue weighted by molar-refractivity contribution is 0.379. The topological polar surface area (TPSA) is 34.1 Å². The van der Waals surface area contributed by atoms with Crippen molar-refractivity contribution >= 4 is 17.4 Å². The van der Waals surface area contributed by atoms with Crippen molar-refractivity contribution in [2.24, 2.45) is 0 Å². The van der Waals surface area contributed by atoms with Crippen LogP contribution >= 0.6 is 11.8 Å². The Morgan fingerprint density at radius 2 is 2.38 bits per heavy atom. The average molecular weight is 238 g/mol. The van der Waals surface area contributed by atoms with Gasteiger partial charge in [-0.25, -0.2) is 4.98 Å². The normalized spacial score (nSPS) is 17.6. The lowest BCUT2D eigenvalue weighted by Gasteiger charge is -2.40. The lowest BCUT2D eigenvalue weighted by Crippen LogP contribution is -2.40. The van der Waals surface area contributed by atoms with Gasteiger partial charge in [0.2, 0.25) is 5.88 Å². The molecule has 16 heavy (non-hydrogen) atoms. The van der Waals surface area contributed by atoms with Gasteiger partial charge in [-0.15, -0.1) is 0 Å². The summed E-state index contributed by atoms with van der Waals surface area (Å²) < 4.78 is 5.55. The van der Waals surface area contributed by atoms with Gasteiger partial charge in [0.15, 0.2) is 0 Å². The van der Waals surface area contributed by atoms with Gasteiger partial charge in [-0.05, 0) is 25.2 Å². The summed E-state index contributed by atoms with van der Waals surface area (Å²) in [5, 5.41) is 3.47. The molecule has 1 aromatic rings. The predicted molar refractivity (Wildman–Crippen MR) is 69.4 cm³/mol. The van der Waals surface area contributed by atoms with Gasteiger partial charge in [-0.1, -0.05) is 6.42 Å². The second-order valence-corrected chi connectivity index (χ2v) is 5.46. The molecule has 1 aliphatic rings. The third-order valence-electron chi connectivity index (χ3n) is 3.26. The molecular formula is C12H18N2OS. The highest BCUT2D eigenvalue weighted by Gasteiger charge is 2.35. The standard InChI is InChI=1S/C12H18N2OS/c1-15-11-8-10(4-7-13-11)14-9-12(16-2)5-3-6-12/h4,7-8H,3,5-6,9H2,1-2H3,(H,13,14). The fourth-order valence-electron chi connectivity index (χ4n) is 1.92. The molecule has 0 aromatic carbocycles. The molecule has 1 N–H and O–H groups in total. The van der Waals surface area contributed by atoms with E-state index in [1.165, 1.54) is 19.3 Å². The maximum Gasteiger partial charge on any atom is 0.214 e. The van der Waals surface area contributed by atoms with E-state index < -0.39 is 0 Å². The van der Waals surface area contributed by atoms with Crippen molar-refractivity contribution < 1.29 is 4.74 Å². The number of methoxy groups -OCH3 is 1. The van der Waals surface area contributed by atoms with Gasteiger partial charge >= 0.3 is 0 Å². The van der Waals surface area contributed by atoms with Gasteiger partial charge < -0.3 is 10.1 Å². The molecule has 0 saturated heterocycles. The van der Waals surface area contributed by atoms with Crippen LogP contribution in [0.3, 0.4) is 0 Å². The number of nitrogens with one attached hydrogen (secondary N) is 1. The zero-order chi connectivity index (χ0) is 11.4. The molecule has 0 atom stereocenters. The van der Waals surface area contributed by atoms with Crippen LogP contribution in [0.25, 0.3) is 0 Å². The Kier molecular flexibility index (Phi) is 3.59. The number of nitrogens with zero attached hydrogens (tertiary/aromatic N) is 1. The van der Waals surface area contributed by atoms with Crippen molar-refractivity contribution in [3.8, 4) is 5.88 Å². The van der Waals surface area contributed by atoms with Gasteiger partial charge in [0.05, 0.1) is 7.11 Å². The van der Waals surface area contributed by atoms with E-state index >= 15 is 0 Å². The lowest BCUT2D eigenvalue weighted by atomic mass is 9.84. The molecule has 1 fully saturated rings. The van der Waals surface area contributed by atoms with Gasteiger partial charge in [0.1, 0.15) is 0 Å². The Morgan fingerprint density at radius 3 is 2.94 bits per heavy atom. The first-order valence-corrected chi connectivity index (χ1v) is 6.79. The van der Waals surface area contributed by atoms with Gasteiger partial charge in [-0.3, -0.25) is 0 Å². The minimum atomic E-state index is 0.455. The molecule has 1 heterocycles. The van der Waals surface area contributed by atoms with E-state index in [4.69, 9.17) is 4.74 Å². The smallest absolute Gasteiger partial charge is 0.214 e. The first kappa shape index (κ1) is 11.6. The largest absolute Gasteiger partial charge is 0.481 e. The van der Waals surface area contributed by atoms with Crippen LogP contribution < -0.4 is 10.1 Å². The number of anilines is 1. The summed E-state index contributed by atoms with van der Waals surface area (Å²) in [5.41, 5.74) is 1.09. The highest BCUT2D eigenvalue weighted by molar-refractivity contribution is 8.00. The molecule has 0 amide bonds. The Balaban J connectivity index is 1.93. The molecule has 1 aliphatic carbocycles. The summed E-state index contributed by atoms with van der Waals surface area (Å²) in [6, 6.07) is 3.92. The second kappa shape index (κ2) is 4.95. The zero-order valence-corrected chi connectivity index (χ0v) is 10.6. The average Bonchev–Trinajstić information content (AvgIpc) is 2.29. The van der Waals surface area contributed by atoms with Crippen LogP contribution in [-0.2, 0) is 0 Å². The van der Waals surface area contributed by atoms with Crippen LogP contribution in [0.1, 0.15) is 19.3 Å². The molecule has 0 spiro atoms. The summed E-state index contributed by atoms with van der Waals surface area (Å²) >= 11 is 1.98. The summed E-state index contributed by atoms with van der Waals surface area (Å²) in [6.45, 7) is 1.03. The first-order chi connectivity index (χ1) is 7.78. The molecule has 0 unspecified atom stereocenters. The Labute approximate surface area is 101 Å². The molecule has 1 saturated carbocycles. The summed E-state index contributed by atoms with van der Waals surface area (Å²) in [5.74, 6) is 0.664. The van der Waals surface area contributed by atoms with E-state index in [0.717, 1.165) is 12.2 Å². The van der Waals surface area contributed by atoms with Crippen LogP contribution in [0.15, 0.2) is 18.3 Å². The minimum absolute atomic E-state index is 0.455. The van der Waals surface area contributed by atoms with Crippen molar-refractivity contribution in [3.63, 3.8) is 0 Å². The van der Waals surface area contributed by atoms with Crippen LogP contribution in [0.4, 0.5) is 5.69 Å². The maximum absolute atomic E-state index is 5.10. The fraction of sp³-hybridized carbons (Fsp3) is 0.583. The Morgan fingerprint density at radius 1 is 1.56 bits per heavy atom. The van der Waals surface area contributed by atoms with Gasteiger partial charge in [0.25, 0.3) is 0 Å². The van der Waals surface area contributed by atoms with Gasteiger partial charge in [-0.2, -0.15) is 11.8 Å². The maximum atomic E-state index is 5.10. The SMILES string of the molecule is COc1cc(NCC2(SC)CCC2)ccn1. The number of hydrogen-bond donors (Lipinski definition) is 1. The number of rotatable bonds is 5. The molecule has 2 rings (SSSR count). The second-order valence-electron chi connectivity index (χ2n) is 4.18. The zero-order valence-electron chi connectivity index (χ0n) is 9.82. The van der Waals surface area contributed by atoms with Gasteiger partial charge in [0, 0.05) is 29.2 Å². The summed E-state index contributed by atoms with van der Waals surface area (Å²) in [6.07, 6.45) is 7.98. The van der Waals surface area contributed by atoms with Crippen molar-refractivity contribution in [1.29, 1.82) is 0 Å². The fourth-order valence-corrected chi connectivity index (χ4v) is 2.83. The first-order valence-electron chi connectivity index (χ1n) is 5.57.